The lowest BCUT2D eigenvalue weighted by Crippen LogP contribution is -2.19. The van der Waals surface area contributed by atoms with E-state index < -0.39 is 0 Å². The van der Waals surface area contributed by atoms with Gasteiger partial charge in [0, 0.05) is 18.9 Å². The number of amides is 1. The number of carbonyl (C=O) groups excluding carboxylic acids is 1. The molecule has 0 radical (unpaired) electrons. The largest absolute Gasteiger partial charge is 0.353 e. The molecular weight excluding hydrogens is 250 g/mol. The van der Waals surface area contributed by atoms with E-state index in [0.717, 1.165) is 16.5 Å². The van der Waals surface area contributed by atoms with E-state index in [1.165, 1.54) is 13.3 Å². The first kappa shape index (κ1) is 12.5. The van der Waals surface area contributed by atoms with Crippen molar-refractivity contribution in [3.8, 4) is 0 Å². The molecule has 4 nitrogen and oxygen atoms in total. The summed E-state index contributed by atoms with van der Waals surface area (Å²) in [6.45, 7) is 2.00. The third-order valence-corrected chi connectivity index (χ3v) is 2.69. The van der Waals surface area contributed by atoms with Crippen LogP contribution >= 0.6 is 11.6 Å². The van der Waals surface area contributed by atoms with Gasteiger partial charge in [-0.05, 0) is 17.7 Å². The second-order valence-electron chi connectivity index (χ2n) is 3.78. The molecule has 0 spiro atoms. The van der Waals surface area contributed by atoms with Crippen molar-refractivity contribution in [1.29, 1.82) is 0 Å². The smallest absolute Gasteiger partial charge is 0.217 e. The number of halogens is 1. The van der Waals surface area contributed by atoms with E-state index in [1.54, 1.807) is 0 Å². The predicted molar refractivity (Wildman–Crippen MR) is 72.3 cm³/mol. The fourth-order valence-corrected chi connectivity index (χ4v) is 1.75. The van der Waals surface area contributed by atoms with Crippen LogP contribution in [0.2, 0.25) is 5.15 Å². The Morgan fingerprint density at radius 3 is 3.06 bits per heavy atom. The van der Waals surface area contributed by atoms with Crippen molar-refractivity contribution >= 4 is 34.5 Å². The van der Waals surface area contributed by atoms with Gasteiger partial charge in [0.05, 0.1) is 5.52 Å². The molecule has 0 saturated carbocycles. The summed E-state index contributed by atoms with van der Waals surface area (Å²) in [5.74, 6) is -0.0438. The monoisotopic (exact) mass is 261 g/mol. The Labute approximate surface area is 110 Å². The summed E-state index contributed by atoms with van der Waals surface area (Å²) in [7, 11) is 0. The van der Waals surface area contributed by atoms with Crippen molar-refractivity contribution < 1.29 is 4.79 Å². The number of nitrogens with one attached hydrogen (secondary N) is 1. The van der Waals surface area contributed by atoms with E-state index in [4.69, 9.17) is 11.6 Å². The van der Waals surface area contributed by atoms with Crippen molar-refractivity contribution in [2.24, 2.45) is 0 Å². The first-order valence-corrected chi connectivity index (χ1v) is 5.86. The Kier molecular flexibility index (Phi) is 3.89. The Hall–Kier alpha value is -1.94. The van der Waals surface area contributed by atoms with Gasteiger partial charge >= 0.3 is 0 Å². The molecule has 1 amide bonds. The zero-order valence-electron chi connectivity index (χ0n) is 9.85. The average Bonchev–Trinajstić information content (AvgIpc) is 2.35. The Bertz CT molecular complexity index is 610. The van der Waals surface area contributed by atoms with E-state index in [-0.39, 0.29) is 5.91 Å². The molecule has 92 valence electrons. The van der Waals surface area contributed by atoms with Gasteiger partial charge in [0.2, 0.25) is 5.91 Å². The number of aromatic nitrogens is 2. The van der Waals surface area contributed by atoms with Crippen LogP contribution in [0.4, 0.5) is 0 Å². The number of hydrogen-bond donors (Lipinski definition) is 1. The maximum absolute atomic E-state index is 10.7. The molecule has 2 aromatic rings. The Morgan fingerprint density at radius 1 is 1.44 bits per heavy atom. The van der Waals surface area contributed by atoms with E-state index in [1.807, 2.05) is 30.4 Å². The molecule has 0 saturated heterocycles. The maximum Gasteiger partial charge on any atom is 0.217 e. The van der Waals surface area contributed by atoms with E-state index >= 15 is 0 Å². The van der Waals surface area contributed by atoms with Gasteiger partial charge in [-0.2, -0.15) is 0 Å². The molecule has 1 heterocycles. The van der Waals surface area contributed by atoms with Crippen molar-refractivity contribution in [1.82, 2.24) is 15.3 Å². The van der Waals surface area contributed by atoms with Gasteiger partial charge < -0.3 is 5.32 Å². The van der Waals surface area contributed by atoms with Gasteiger partial charge in [0.15, 0.2) is 0 Å². The minimum Gasteiger partial charge on any atom is -0.353 e. The fourth-order valence-electron chi connectivity index (χ4n) is 1.54. The van der Waals surface area contributed by atoms with E-state index in [0.29, 0.717) is 11.7 Å². The van der Waals surface area contributed by atoms with Crippen LogP contribution in [0.25, 0.3) is 17.0 Å². The Morgan fingerprint density at radius 2 is 2.28 bits per heavy atom. The lowest BCUT2D eigenvalue weighted by atomic mass is 10.1. The number of rotatable bonds is 3. The Balaban J connectivity index is 2.18. The molecule has 1 aromatic carbocycles. The second-order valence-corrected chi connectivity index (χ2v) is 4.14. The van der Waals surface area contributed by atoms with Crippen molar-refractivity contribution in [3.63, 3.8) is 0 Å². The van der Waals surface area contributed by atoms with Gasteiger partial charge in [0.25, 0.3) is 0 Å². The molecule has 0 unspecified atom stereocenters. The van der Waals surface area contributed by atoms with Crippen LogP contribution in [-0.2, 0) is 4.79 Å². The van der Waals surface area contributed by atoms with Crippen molar-refractivity contribution in [2.75, 3.05) is 6.54 Å². The van der Waals surface area contributed by atoms with E-state index in [9.17, 15) is 4.79 Å². The standard InChI is InChI=1S/C13H12ClN3O/c1-9(18)15-6-2-3-10-4-5-11-12(7-10)16-8-17-13(11)14/h2-5,7-8H,6H2,1H3,(H,15,18). The number of fused-ring (bicyclic) bond motifs is 1. The number of hydrogen-bond acceptors (Lipinski definition) is 3. The number of benzene rings is 1. The SMILES string of the molecule is CC(=O)NCC=Cc1ccc2c(Cl)ncnc2c1. The molecule has 5 heteroatoms. The topological polar surface area (TPSA) is 54.9 Å². The number of carbonyl (C=O) groups is 1. The highest BCUT2D eigenvalue weighted by molar-refractivity contribution is 6.34. The molecule has 0 aliphatic heterocycles. The first-order valence-electron chi connectivity index (χ1n) is 5.48. The molecule has 1 N–H and O–H groups in total. The normalized spacial score (nSPS) is 11.0. The quantitative estimate of drug-likeness (QED) is 0.864. The van der Waals surface area contributed by atoms with Gasteiger partial charge in [-0.15, -0.1) is 0 Å². The van der Waals surface area contributed by atoms with Crippen molar-refractivity contribution in [3.05, 3.63) is 41.3 Å². The van der Waals surface area contributed by atoms with E-state index in [2.05, 4.69) is 15.3 Å². The fraction of sp³-hybridized carbons (Fsp3) is 0.154. The summed E-state index contributed by atoms with van der Waals surface area (Å²) in [4.78, 5) is 18.8. The third kappa shape index (κ3) is 3.05. The third-order valence-electron chi connectivity index (χ3n) is 2.39. The van der Waals surface area contributed by atoms with Crippen LogP contribution in [0.15, 0.2) is 30.6 Å². The van der Waals surface area contributed by atoms with Crippen LogP contribution in [0, 0.1) is 0 Å². The molecule has 0 aliphatic rings. The van der Waals surface area contributed by atoms with Gasteiger partial charge in [-0.3, -0.25) is 4.79 Å². The zero-order chi connectivity index (χ0) is 13.0. The highest BCUT2D eigenvalue weighted by Gasteiger charge is 2.00. The first-order chi connectivity index (χ1) is 8.66. The van der Waals surface area contributed by atoms with Crippen LogP contribution < -0.4 is 5.32 Å². The maximum atomic E-state index is 10.7. The summed E-state index contributed by atoms with van der Waals surface area (Å²) >= 11 is 5.95. The van der Waals surface area contributed by atoms with Gasteiger partial charge in [0.1, 0.15) is 11.5 Å². The summed E-state index contributed by atoms with van der Waals surface area (Å²) in [6, 6.07) is 5.74. The summed E-state index contributed by atoms with van der Waals surface area (Å²) in [5, 5.41) is 3.97. The van der Waals surface area contributed by atoms with Crippen molar-refractivity contribution in [2.45, 2.75) is 6.92 Å². The molecule has 2 rings (SSSR count). The average molecular weight is 262 g/mol. The van der Waals surface area contributed by atoms with Crippen LogP contribution in [-0.4, -0.2) is 22.4 Å². The molecule has 0 atom stereocenters. The minimum absolute atomic E-state index is 0.0438. The summed E-state index contributed by atoms with van der Waals surface area (Å²) in [5.41, 5.74) is 1.80. The predicted octanol–water partition coefficient (Wildman–Crippen LogP) is 2.43. The van der Waals surface area contributed by atoms with Crippen LogP contribution in [0.1, 0.15) is 12.5 Å². The number of nitrogens with zero attached hydrogens (tertiary/aromatic N) is 2. The van der Waals surface area contributed by atoms with Crippen LogP contribution in [0.5, 0.6) is 0 Å². The van der Waals surface area contributed by atoms with Gasteiger partial charge in [-0.25, -0.2) is 9.97 Å². The molecule has 0 aliphatic carbocycles. The summed E-state index contributed by atoms with van der Waals surface area (Å²) < 4.78 is 0. The summed E-state index contributed by atoms with van der Waals surface area (Å²) in [6.07, 6.45) is 5.24. The lowest BCUT2D eigenvalue weighted by Gasteiger charge is -2.00. The molecule has 1 aromatic heterocycles. The highest BCUT2D eigenvalue weighted by atomic mass is 35.5. The highest BCUT2D eigenvalue weighted by Crippen LogP contribution is 2.20. The minimum atomic E-state index is -0.0438. The second kappa shape index (κ2) is 5.60. The molecule has 0 fully saturated rings. The van der Waals surface area contributed by atoms with Crippen LogP contribution in [0.3, 0.4) is 0 Å². The van der Waals surface area contributed by atoms with Gasteiger partial charge in [-0.1, -0.05) is 29.8 Å². The lowest BCUT2D eigenvalue weighted by molar-refractivity contribution is -0.118. The zero-order valence-corrected chi connectivity index (χ0v) is 10.6. The molecular formula is C13H12ClN3O. The molecule has 0 bridgehead atoms. The molecule has 18 heavy (non-hydrogen) atoms.